The molecule has 0 aliphatic carbocycles. The zero-order chi connectivity index (χ0) is 12.1. The zero-order valence-electron chi connectivity index (χ0n) is 10.1. The van der Waals surface area contributed by atoms with Crippen LogP contribution >= 0.6 is 27.7 Å². The fraction of sp³-hybridized carbons (Fsp3) is 0.571. The van der Waals surface area contributed by atoms with Crippen LogP contribution in [0.5, 0.6) is 0 Å². The van der Waals surface area contributed by atoms with Crippen LogP contribution in [0.4, 0.5) is 0 Å². The van der Waals surface area contributed by atoms with Gasteiger partial charge < -0.3 is 5.73 Å². The van der Waals surface area contributed by atoms with Crippen molar-refractivity contribution in [3.05, 3.63) is 34.3 Å². The van der Waals surface area contributed by atoms with Crippen LogP contribution in [0.15, 0.2) is 28.7 Å². The molecule has 1 aliphatic heterocycles. The third kappa shape index (κ3) is 4.65. The number of halogens is 1. The predicted molar refractivity (Wildman–Crippen MR) is 80.5 cm³/mol. The van der Waals surface area contributed by atoms with Crippen molar-refractivity contribution in [1.29, 1.82) is 0 Å². The third-order valence-electron chi connectivity index (χ3n) is 3.36. The normalized spacial score (nSPS) is 19.2. The van der Waals surface area contributed by atoms with Gasteiger partial charge in [0, 0.05) is 10.5 Å². The molecule has 2 rings (SSSR count). The van der Waals surface area contributed by atoms with Crippen LogP contribution in [0.2, 0.25) is 0 Å². The Morgan fingerprint density at radius 3 is 2.82 bits per heavy atom. The van der Waals surface area contributed by atoms with Gasteiger partial charge in [-0.3, -0.25) is 0 Å². The van der Waals surface area contributed by atoms with Gasteiger partial charge in [-0.2, -0.15) is 11.8 Å². The van der Waals surface area contributed by atoms with Crippen LogP contribution in [0, 0.1) is 5.92 Å². The Bertz CT molecular complexity index is 350. The Balaban J connectivity index is 1.82. The van der Waals surface area contributed by atoms with E-state index in [1.165, 1.54) is 36.3 Å². The lowest BCUT2D eigenvalue weighted by molar-refractivity contribution is 0.406. The number of nitrogens with two attached hydrogens (primary N) is 1. The van der Waals surface area contributed by atoms with E-state index >= 15 is 0 Å². The fourth-order valence-corrected chi connectivity index (χ4v) is 4.11. The van der Waals surface area contributed by atoms with Gasteiger partial charge in [-0.15, -0.1) is 0 Å². The third-order valence-corrected chi connectivity index (χ3v) is 4.91. The lowest BCUT2D eigenvalue weighted by Crippen LogP contribution is -2.27. The predicted octanol–water partition coefficient (Wildman–Crippen LogP) is 3.85. The molecule has 1 atom stereocenters. The highest BCUT2D eigenvalue weighted by molar-refractivity contribution is 9.10. The monoisotopic (exact) mass is 313 g/mol. The van der Waals surface area contributed by atoms with E-state index in [4.69, 9.17) is 5.73 Å². The highest BCUT2D eigenvalue weighted by atomic mass is 79.9. The summed E-state index contributed by atoms with van der Waals surface area (Å²) in [6.45, 7) is 0. The molecule has 0 saturated carbocycles. The Kier molecular flexibility index (Phi) is 5.39. The minimum Gasteiger partial charge on any atom is -0.327 e. The molecule has 1 aromatic rings. The summed E-state index contributed by atoms with van der Waals surface area (Å²) < 4.78 is 1.15. The van der Waals surface area contributed by atoms with Gasteiger partial charge in [0.15, 0.2) is 0 Å². The smallest absolute Gasteiger partial charge is 0.0178 e. The summed E-state index contributed by atoms with van der Waals surface area (Å²) in [5.74, 6) is 3.51. The lowest BCUT2D eigenvalue weighted by Gasteiger charge is -2.24. The van der Waals surface area contributed by atoms with Crippen LogP contribution < -0.4 is 5.73 Å². The summed E-state index contributed by atoms with van der Waals surface area (Å²) in [7, 11) is 0. The van der Waals surface area contributed by atoms with Crippen molar-refractivity contribution in [3.8, 4) is 0 Å². The van der Waals surface area contributed by atoms with E-state index in [9.17, 15) is 0 Å². The summed E-state index contributed by atoms with van der Waals surface area (Å²) in [6, 6.07) is 8.81. The number of hydrogen-bond acceptors (Lipinski definition) is 2. The first kappa shape index (κ1) is 13.4. The first-order chi connectivity index (χ1) is 8.24. The van der Waals surface area contributed by atoms with Crippen LogP contribution in [-0.4, -0.2) is 17.5 Å². The second kappa shape index (κ2) is 6.81. The maximum absolute atomic E-state index is 6.26. The van der Waals surface area contributed by atoms with Gasteiger partial charge in [-0.25, -0.2) is 0 Å². The highest BCUT2D eigenvalue weighted by Gasteiger charge is 2.17. The first-order valence-corrected chi connectivity index (χ1v) is 8.26. The molecule has 1 nitrogen and oxygen atoms in total. The molecule has 1 aliphatic rings. The molecule has 0 bridgehead atoms. The zero-order valence-corrected chi connectivity index (χ0v) is 12.5. The first-order valence-electron chi connectivity index (χ1n) is 6.32. The molecular formula is C14H20BrNS. The summed E-state index contributed by atoms with van der Waals surface area (Å²) in [5, 5.41) is 0. The van der Waals surface area contributed by atoms with Crippen LogP contribution in [0.1, 0.15) is 24.8 Å². The number of hydrogen-bond donors (Lipinski definition) is 1. The van der Waals surface area contributed by atoms with Crippen LogP contribution in [-0.2, 0) is 6.42 Å². The molecule has 1 fully saturated rings. The van der Waals surface area contributed by atoms with E-state index in [1.54, 1.807) is 0 Å². The second-order valence-corrected chi connectivity index (χ2v) is 7.03. The average Bonchev–Trinajstić information content (AvgIpc) is 2.30. The molecule has 1 heterocycles. The highest BCUT2D eigenvalue weighted by Crippen LogP contribution is 2.26. The molecule has 3 heteroatoms. The second-order valence-electron chi connectivity index (χ2n) is 4.89. The molecule has 0 radical (unpaired) electrons. The Hall–Kier alpha value is 0.01000. The molecule has 1 unspecified atom stereocenters. The molecule has 94 valence electrons. The van der Waals surface area contributed by atoms with Crippen molar-refractivity contribution in [3.63, 3.8) is 0 Å². The van der Waals surface area contributed by atoms with Gasteiger partial charge in [-0.1, -0.05) is 28.1 Å². The van der Waals surface area contributed by atoms with E-state index < -0.39 is 0 Å². The van der Waals surface area contributed by atoms with Gasteiger partial charge in [0.1, 0.15) is 0 Å². The van der Waals surface area contributed by atoms with E-state index in [1.807, 2.05) is 0 Å². The summed E-state index contributed by atoms with van der Waals surface area (Å²) in [5.41, 5.74) is 7.61. The van der Waals surface area contributed by atoms with Gasteiger partial charge in [0.2, 0.25) is 0 Å². The molecule has 0 amide bonds. The van der Waals surface area contributed by atoms with Crippen molar-refractivity contribution in [1.82, 2.24) is 0 Å². The van der Waals surface area contributed by atoms with Gasteiger partial charge in [0.05, 0.1) is 0 Å². The maximum Gasteiger partial charge on any atom is 0.0178 e. The maximum atomic E-state index is 6.26. The molecule has 1 aromatic carbocycles. The summed E-state index contributed by atoms with van der Waals surface area (Å²) >= 11 is 5.59. The van der Waals surface area contributed by atoms with Gasteiger partial charge in [-0.05, 0) is 60.8 Å². The molecule has 1 saturated heterocycles. The van der Waals surface area contributed by atoms with Crippen molar-refractivity contribution in [2.45, 2.75) is 31.7 Å². The van der Waals surface area contributed by atoms with Crippen molar-refractivity contribution < 1.29 is 0 Å². The standard InChI is InChI=1S/C14H20BrNS/c15-13-3-1-2-12(8-13)10-14(16)9-11-4-6-17-7-5-11/h1-3,8,11,14H,4-7,9-10,16H2. The van der Waals surface area contributed by atoms with Crippen LogP contribution in [0.25, 0.3) is 0 Å². The molecule has 2 N–H and O–H groups in total. The van der Waals surface area contributed by atoms with Crippen molar-refractivity contribution in [2.75, 3.05) is 11.5 Å². The van der Waals surface area contributed by atoms with E-state index in [2.05, 4.69) is 52.0 Å². The summed E-state index contributed by atoms with van der Waals surface area (Å²) in [6.07, 6.45) is 4.91. The Morgan fingerprint density at radius 1 is 1.35 bits per heavy atom. The molecule has 0 spiro atoms. The number of rotatable bonds is 4. The average molecular weight is 314 g/mol. The largest absolute Gasteiger partial charge is 0.327 e. The lowest BCUT2D eigenvalue weighted by atomic mass is 9.92. The van der Waals surface area contributed by atoms with Crippen LogP contribution in [0.3, 0.4) is 0 Å². The fourth-order valence-electron chi connectivity index (χ4n) is 2.46. The quantitative estimate of drug-likeness (QED) is 0.913. The van der Waals surface area contributed by atoms with Gasteiger partial charge in [0.25, 0.3) is 0 Å². The van der Waals surface area contributed by atoms with E-state index in [-0.39, 0.29) is 0 Å². The van der Waals surface area contributed by atoms with E-state index in [0.29, 0.717) is 6.04 Å². The Morgan fingerprint density at radius 2 is 2.12 bits per heavy atom. The minimum absolute atomic E-state index is 0.317. The molecule has 0 aromatic heterocycles. The van der Waals surface area contributed by atoms with Crippen molar-refractivity contribution in [2.24, 2.45) is 11.7 Å². The van der Waals surface area contributed by atoms with E-state index in [0.717, 1.165) is 16.8 Å². The van der Waals surface area contributed by atoms with Gasteiger partial charge >= 0.3 is 0 Å². The summed E-state index contributed by atoms with van der Waals surface area (Å²) in [4.78, 5) is 0. The Labute approximate surface area is 117 Å². The SMILES string of the molecule is NC(Cc1cccc(Br)c1)CC1CCSCC1. The van der Waals surface area contributed by atoms with Crippen molar-refractivity contribution >= 4 is 27.7 Å². The molecule has 17 heavy (non-hydrogen) atoms. The number of benzene rings is 1. The molecular weight excluding hydrogens is 294 g/mol. The number of thioether (sulfide) groups is 1. The topological polar surface area (TPSA) is 26.0 Å². The minimum atomic E-state index is 0.317.